The number of pyridine rings is 1. The first-order valence-corrected chi connectivity index (χ1v) is 9.17. The average Bonchev–Trinajstić information content (AvgIpc) is 2.93. The van der Waals surface area contributed by atoms with E-state index in [1.54, 1.807) is 48.0 Å². The molecule has 0 aliphatic rings. The van der Waals surface area contributed by atoms with Gasteiger partial charge < -0.3 is 9.64 Å². The Morgan fingerprint density at radius 2 is 2.04 bits per heavy atom. The maximum Gasteiger partial charge on any atom is 0.255 e. The number of fused-ring (bicyclic) bond motifs is 1. The minimum absolute atomic E-state index is 0.151. The standard InChI is InChI=1S/C21H25FN4O2/c1-13-10-17(19-15(3)24-25(4)20(19)23-13)21(27)26(14(2)12-28-5)11-16-8-6-7-9-18(16)22/h6-10,14H,11-12H2,1-5H3/t14-/m1/s1. The van der Waals surface area contributed by atoms with E-state index in [1.165, 1.54) is 6.07 Å². The van der Waals surface area contributed by atoms with E-state index >= 15 is 0 Å². The fourth-order valence-electron chi connectivity index (χ4n) is 3.46. The van der Waals surface area contributed by atoms with Crippen molar-refractivity contribution in [1.82, 2.24) is 19.7 Å². The second-order valence-electron chi connectivity index (χ2n) is 7.05. The van der Waals surface area contributed by atoms with Gasteiger partial charge in [0.05, 0.1) is 29.3 Å². The molecule has 3 rings (SSSR count). The van der Waals surface area contributed by atoms with Crippen molar-refractivity contribution in [3.63, 3.8) is 0 Å². The molecule has 0 aliphatic heterocycles. The molecule has 0 N–H and O–H groups in total. The van der Waals surface area contributed by atoms with Crippen molar-refractivity contribution in [2.24, 2.45) is 7.05 Å². The summed E-state index contributed by atoms with van der Waals surface area (Å²) in [6.45, 7) is 6.09. The predicted octanol–water partition coefficient (Wildman–Crippen LogP) is 3.40. The van der Waals surface area contributed by atoms with Crippen LogP contribution in [-0.4, -0.2) is 45.3 Å². The summed E-state index contributed by atoms with van der Waals surface area (Å²) in [6, 6.07) is 8.03. The van der Waals surface area contributed by atoms with Crippen LogP contribution in [-0.2, 0) is 18.3 Å². The molecule has 6 nitrogen and oxygen atoms in total. The van der Waals surface area contributed by atoms with Crippen LogP contribution < -0.4 is 0 Å². The van der Waals surface area contributed by atoms with Crippen LogP contribution in [0.4, 0.5) is 4.39 Å². The number of hydrogen-bond donors (Lipinski definition) is 0. The zero-order valence-electron chi connectivity index (χ0n) is 16.9. The second kappa shape index (κ2) is 8.06. The van der Waals surface area contributed by atoms with Crippen molar-refractivity contribution in [2.75, 3.05) is 13.7 Å². The van der Waals surface area contributed by atoms with Crippen LogP contribution in [0.15, 0.2) is 30.3 Å². The van der Waals surface area contributed by atoms with Gasteiger partial charge in [-0.25, -0.2) is 9.37 Å². The number of carbonyl (C=O) groups is 1. The number of nitrogens with zero attached hydrogens (tertiary/aromatic N) is 4. The van der Waals surface area contributed by atoms with Crippen LogP contribution in [0.1, 0.15) is 34.2 Å². The smallest absolute Gasteiger partial charge is 0.255 e. The van der Waals surface area contributed by atoms with Gasteiger partial charge in [0.15, 0.2) is 5.65 Å². The molecule has 0 bridgehead atoms. The summed E-state index contributed by atoms with van der Waals surface area (Å²) in [5.74, 6) is -0.530. The van der Waals surface area contributed by atoms with Gasteiger partial charge in [-0.2, -0.15) is 5.10 Å². The number of benzene rings is 1. The molecule has 2 heterocycles. The third kappa shape index (κ3) is 3.75. The van der Waals surface area contributed by atoms with E-state index in [-0.39, 0.29) is 24.3 Å². The molecule has 148 valence electrons. The maximum atomic E-state index is 14.3. The van der Waals surface area contributed by atoms with Crippen molar-refractivity contribution in [2.45, 2.75) is 33.4 Å². The van der Waals surface area contributed by atoms with Gasteiger partial charge in [-0.15, -0.1) is 0 Å². The van der Waals surface area contributed by atoms with E-state index in [1.807, 2.05) is 20.8 Å². The minimum Gasteiger partial charge on any atom is -0.383 e. The summed E-state index contributed by atoms with van der Waals surface area (Å²) < 4.78 is 21.2. The molecule has 1 amide bonds. The highest BCUT2D eigenvalue weighted by atomic mass is 19.1. The van der Waals surface area contributed by atoms with Crippen molar-refractivity contribution < 1.29 is 13.9 Å². The van der Waals surface area contributed by atoms with Gasteiger partial charge in [0.1, 0.15) is 5.82 Å². The van der Waals surface area contributed by atoms with Crippen molar-refractivity contribution >= 4 is 16.9 Å². The highest BCUT2D eigenvalue weighted by Gasteiger charge is 2.26. The lowest BCUT2D eigenvalue weighted by Gasteiger charge is -2.29. The number of amides is 1. The van der Waals surface area contributed by atoms with Crippen LogP contribution >= 0.6 is 0 Å². The van der Waals surface area contributed by atoms with E-state index in [0.29, 0.717) is 23.4 Å². The Labute approximate surface area is 163 Å². The Bertz CT molecular complexity index is 1020. The van der Waals surface area contributed by atoms with Crippen LogP contribution in [0.25, 0.3) is 11.0 Å². The number of carbonyl (C=O) groups excluding carboxylic acids is 1. The highest BCUT2D eigenvalue weighted by molar-refractivity contribution is 6.06. The zero-order valence-corrected chi connectivity index (χ0v) is 16.9. The summed E-state index contributed by atoms with van der Waals surface area (Å²) in [5.41, 5.74) is 3.10. The molecule has 0 aliphatic carbocycles. The van der Waals surface area contributed by atoms with Crippen LogP contribution in [0, 0.1) is 19.7 Å². The van der Waals surface area contributed by atoms with Crippen molar-refractivity contribution in [1.29, 1.82) is 0 Å². The molecular weight excluding hydrogens is 359 g/mol. The van der Waals surface area contributed by atoms with Gasteiger partial charge in [0.25, 0.3) is 5.91 Å². The molecule has 2 aromatic heterocycles. The van der Waals surface area contributed by atoms with E-state index in [0.717, 1.165) is 16.8 Å². The molecule has 0 fully saturated rings. The first kappa shape index (κ1) is 19.9. The van der Waals surface area contributed by atoms with Crippen molar-refractivity contribution in [3.05, 3.63) is 58.7 Å². The van der Waals surface area contributed by atoms with E-state index in [2.05, 4.69) is 10.1 Å². The number of hydrogen-bond acceptors (Lipinski definition) is 4. The predicted molar refractivity (Wildman–Crippen MR) is 106 cm³/mol. The molecule has 0 radical (unpaired) electrons. The number of halogens is 1. The fourth-order valence-corrected chi connectivity index (χ4v) is 3.46. The average molecular weight is 384 g/mol. The molecule has 28 heavy (non-hydrogen) atoms. The van der Waals surface area contributed by atoms with Crippen LogP contribution in [0.5, 0.6) is 0 Å². The first-order chi connectivity index (χ1) is 13.3. The van der Waals surface area contributed by atoms with Gasteiger partial charge in [0.2, 0.25) is 0 Å². The van der Waals surface area contributed by atoms with Crippen LogP contribution in [0.3, 0.4) is 0 Å². The lowest BCUT2D eigenvalue weighted by atomic mass is 10.1. The van der Waals surface area contributed by atoms with Gasteiger partial charge in [-0.05, 0) is 32.9 Å². The maximum absolute atomic E-state index is 14.3. The Morgan fingerprint density at radius 3 is 2.71 bits per heavy atom. The zero-order chi connectivity index (χ0) is 20.4. The molecular formula is C21H25FN4O2. The third-order valence-electron chi connectivity index (χ3n) is 4.83. The Kier molecular flexibility index (Phi) is 5.74. The van der Waals surface area contributed by atoms with Crippen LogP contribution in [0.2, 0.25) is 0 Å². The van der Waals surface area contributed by atoms with E-state index < -0.39 is 0 Å². The Balaban J connectivity index is 2.09. The monoisotopic (exact) mass is 384 g/mol. The summed E-state index contributed by atoms with van der Waals surface area (Å²) in [6.07, 6.45) is 0. The van der Waals surface area contributed by atoms with E-state index in [9.17, 15) is 9.18 Å². The number of rotatable bonds is 6. The molecule has 0 spiro atoms. The lowest BCUT2D eigenvalue weighted by Crippen LogP contribution is -2.41. The summed E-state index contributed by atoms with van der Waals surface area (Å²) in [5, 5.41) is 5.14. The number of aryl methyl sites for hydroxylation is 3. The molecule has 7 heteroatoms. The quantitative estimate of drug-likeness (QED) is 0.654. The topological polar surface area (TPSA) is 60.2 Å². The summed E-state index contributed by atoms with van der Waals surface area (Å²) >= 11 is 0. The molecule has 3 aromatic rings. The van der Waals surface area contributed by atoms with Gasteiger partial charge in [-0.3, -0.25) is 9.48 Å². The third-order valence-corrected chi connectivity index (χ3v) is 4.83. The number of aromatic nitrogens is 3. The molecule has 0 saturated carbocycles. The second-order valence-corrected chi connectivity index (χ2v) is 7.05. The SMILES string of the molecule is COC[C@@H](C)N(Cc1ccccc1F)C(=O)c1cc(C)nc2c1c(C)nn2C. The normalized spacial score (nSPS) is 12.4. The number of ether oxygens (including phenoxy) is 1. The molecule has 1 aromatic carbocycles. The Morgan fingerprint density at radius 1 is 1.32 bits per heavy atom. The van der Waals surface area contributed by atoms with E-state index in [4.69, 9.17) is 4.74 Å². The first-order valence-electron chi connectivity index (χ1n) is 9.17. The summed E-state index contributed by atoms with van der Waals surface area (Å²) in [7, 11) is 3.39. The summed E-state index contributed by atoms with van der Waals surface area (Å²) in [4.78, 5) is 19.8. The minimum atomic E-state index is -0.335. The molecule has 0 unspecified atom stereocenters. The highest BCUT2D eigenvalue weighted by Crippen LogP contribution is 2.25. The largest absolute Gasteiger partial charge is 0.383 e. The lowest BCUT2D eigenvalue weighted by molar-refractivity contribution is 0.0541. The molecule has 1 atom stereocenters. The van der Waals surface area contributed by atoms with Crippen molar-refractivity contribution in [3.8, 4) is 0 Å². The number of methoxy groups -OCH3 is 1. The fraction of sp³-hybridized carbons (Fsp3) is 0.381. The van der Waals surface area contributed by atoms with Gasteiger partial charge in [-0.1, -0.05) is 18.2 Å². The van der Waals surface area contributed by atoms with Gasteiger partial charge in [0, 0.05) is 32.0 Å². The van der Waals surface area contributed by atoms with Gasteiger partial charge >= 0.3 is 0 Å². The molecule has 0 saturated heterocycles. The Hall–Kier alpha value is -2.80.